The number of hydrogen-bond donors (Lipinski definition) is 0. The molecule has 0 aromatic heterocycles. The van der Waals surface area contributed by atoms with Crippen molar-refractivity contribution in [3.8, 4) is 0 Å². The lowest BCUT2D eigenvalue weighted by Gasteiger charge is -1.97. The van der Waals surface area contributed by atoms with E-state index in [2.05, 4.69) is 4.85 Å². The van der Waals surface area contributed by atoms with Crippen LogP contribution in [0.1, 0.15) is 0 Å². The van der Waals surface area contributed by atoms with Crippen LogP contribution in [-0.2, 0) is 0 Å². The van der Waals surface area contributed by atoms with Gasteiger partial charge in [-0.1, -0.05) is 23.7 Å². The van der Waals surface area contributed by atoms with Crippen LogP contribution in [0.4, 0.5) is 10.1 Å². The van der Waals surface area contributed by atoms with Gasteiger partial charge in [0, 0.05) is 3.57 Å². The maximum Gasteiger partial charge on any atom is 0.208 e. The summed E-state index contributed by atoms with van der Waals surface area (Å²) >= 11 is 7.33. The summed E-state index contributed by atoms with van der Waals surface area (Å²) in [4.78, 5) is 3.05. The summed E-state index contributed by atoms with van der Waals surface area (Å²) in [5.41, 5.74) is 0.157. The topological polar surface area (TPSA) is 4.36 Å². The van der Waals surface area contributed by atoms with Crippen molar-refractivity contribution < 1.29 is 4.39 Å². The highest BCUT2D eigenvalue weighted by Gasteiger charge is 2.08. The average Bonchev–Trinajstić information content (AvgIpc) is 2.01. The monoisotopic (exact) mass is 281 g/mol. The Morgan fingerprint density at radius 2 is 2.18 bits per heavy atom. The van der Waals surface area contributed by atoms with E-state index in [1.165, 1.54) is 12.1 Å². The van der Waals surface area contributed by atoms with Crippen LogP contribution in [0.5, 0.6) is 0 Å². The minimum absolute atomic E-state index is 0.0908. The zero-order valence-corrected chi connectivity index (χ0v) is 8.15. The van der Waals surface area contributed by atoms with E-state index in [4.69, 9.17) is 18.2 Å². The second kappa shape index (κ2) is 3.37. The van der Waals surface area contributed by atoms with Crippen LogP contribution >= 0.6 is 34.2 Å². The Morgan fingerprint density at radius 1 is 1.55 bits per heavy atom. The zero-order valence-electron chi connectivity index (χ0n) is 5.24. The number of rotatable bonds is 0. The molecule has 56 valence electrons. The van der Waals surface area contributed by atoms with Gasteiger partial charge in [0.15, 0.2) is 0 Å². The molecule has 0 spiro atoms. The van der Waals surface area contributed by atoms with Crippen LogP contribution in [-0.4, -0.2) is 0 Å². The van der Waals surface area contributed by atoms with Gasteiger partial charge in [-0.15, -0.1) is 0 Å². The molecule has 0 saturated carbocycles. The van der Waals surface area contributed by atoms with Gasteiger partial charge in [-0.2, -0.15) is 0 Å². The first-order valence-electron chi connectivity index (χ1n) is 2.67. The molecule has 1 nitrogen and oxygen atoms in total. The van der Waals surface area contributed by atoms with Gasteiger partial charge in [0.05, 0.1) is 11.6 Å². The molecule has 0 aliphatic rings. The van der Waals surface area contributed by atoms with Gasteiger partial charge >= 0.3 is 0 Å². The Hall–Kier alpha value is -0.340. The molecule has 0 saturated heterocycles. The first-order chi connectivity index (χ1) is 5.16. The molecule has 1 aromatic carbocycles. The standard InChI is InChI=1S/C7H2ClFIN/c1-11-5-3-2-4(10)7(9)6(5)8/h2-3H. The molecule has 0 atom stereocenters. The fourth-order valence-corrected chi connectivity index (χ4v) is 1.42. The minimum atomic E-state index is -0.513. The molecule has 0 unspecified atom stereocenters. The SMILES string of the molecule is [C-]#[N+]c1ccc(I)c(F)c1Cl. The minimum Gasteiger partial charge on any atom is -0.236 e. The lowest BCUT2D eigenvalue weighted by Crippen LogP contribution is -1.81. The van der Waals surface area contributed by atoms with Gasteiger partial charge in [0.25, 0.3) is 0 Å². The van der Waals surface area contributed by atoms with Crippen LogP contribution in [0.3, 0.4) is 0 Å². The summed E-state index contributed by atoms with van der Waals surface area (Å²) in [7, 11) is 0. The molecule has 4 heteroatoms. The fraction of sp³-hybridized carbons (Fsp3) is 0. The molecule has 0 aliphatic carbocycles. The molecule has 0 heterocycles. The molecule has 0 N–H and O–H groups in total. The molecular formula is C7H2ClFIN. The van der Waals surface area contributed by atoms with Crippen LogP contribution < -0.4 is 0 Å². The Labute approximate surface area is 82.1 Å². The maximum absolute atomic E-state index is 12.9. The highest BCUT2D eigenvalue weighted by Crippen LogP contribution is 2.30. The maximum atomic E-state index is 12.9. The van der Waals surface area contributed by atoms with Gasteiger partial charge in [-0.25, -0.2) is 9.24 Å². The molecule has 11 heavy (non-hydrogen) atoms. The van der Waals surface area contributed by atoms with Gasteiger partial charge in [-0.3, -0.25) is 0 Å². The number of halogens is 3. The van der Waals surface area contributed by atoms with Crippen molar-refractivity contribution in [2.24, 2.45) is 0 Å². The Balaban J connectivity index is 3.40. The van der Waals surface area contributed by atoms with E-state index in [0.717, 1.165) is 0 Å². The predicted octanol–water partition coefficient (Wildman–Crippen LogP) is 3.63. The second-order valence-corrected chi connectivity index (χ2v) is 3.35. The van der Waals surface area contributed by atoms with E-state index in [-0.39, 0.29) is 10.7 Å². The quantitative estimate of drug-likeness (QED) is 0.388. The molecular weight excluding hydrogens is 279 g/mol. The molecule has 0 radical (unpaired) electrons. The third kappa shape index (κ3) is 1.63. The predicted molar refractivity (Wildman–Crippen MR) is 50.4 cm³/mol. The van der Waals surface area contributed by atoms with E-state index >= 15 is 0 Å². The van der Waals surface area contributed by atoms with E-state index in [1.54, 1.807) is 0 Å². The van der Waals surface area contributed by atoms with Crippen molar-refractivity contribution in [3.63, 3.8) is 0 Å². The first-order valence-corrected chi connectivity index (χ1v) is 4.13. The van der Waals surface area contributed by atoms with E-state index in [0.29, 0.717) is 3.57 Å². The summed E-state index contributed by atoms with van der Waals surface area (Å²) < 4.78 is 13.3. The summed E-state index contributed by atoms with van der Waals surface area (Å²) in [5, 5.41) is -0.0908. The summed E-state index contributed by atoms with van der Waals surface area (Å²) in [6.07, 6.45) is 0. The normalized spacial score (nSPS) is 9.27. The van der Waals surface area contributed by atoms with E-state index < -0.39 is 5.82 Å². The summed E-state index contributed by atoms with van der Waals surface area (Å²) in [5.74, 6) is -0.513. The van der Waals surface area contributed by atoms with Crippen molar-refractivity contribution in [3.05, 3.63) is 38.0 Å². The zero-order chi connectivity index (χ0) is 8.43. The molecule has 1 aromatic rings. The van der Waals surface area contributed by atoms with Crippen LogP contribution in [0.2, 0.25) is 5.02 Å². The largest absolute Gasteiger partial charge is 0.236 e. The lowest BCUT2D eigenvalue weighted by molar-refractivity contribution is 0.621. The van der Waals surface area contributed by atoms with Crippen molar-refractivity contribution in [2.45, 2.75) is 0 Å². The lowest BCUT2D eigenvalue weighted by atomic mass is 10.3. The average molecular weight is 281 g/mol. The molecule has 0 aliphatic heterocycles. The third-order valence-corrected chi connectivity index (χ3v) is 2.33. The van der Waals surface area contributed by atoms with Crippen LogP contribution in [0, 0.1) is 16.0 Å². The van der Waals surface area contributed by atoms with Gasteiger partial charge < -0.3 is 0 Å². The molecule has 0 bridgehead atoms. The van der Waals surface area contributed by atoms with Crippen LogP contribution in [0.25, 0.3) is 4.85 Å². The van der Waals surface area contributed by atoms with E-state index in [1.807, 2.05) is 22.6 Å². The van der Waals surface area contributed by atoms with Crippen molar-refractivity contribution in [1.29, 1.82) is 0 Å². The number of nitrogens with zero attached hydrogens (tertiary/aromatic N) is 1. The molecule has 0 fully saturated rings. The number of benzene rings is 1. The van der Waals surface area contributed by atoms with Gasteiger partial charge in [-0.05, 0) is 22.6 Å². The van der Waals surface area contributed by atoms with Crippen molar-refractivity contribution >= 4 is 39.9 Å². The highest BCUT2D eigenvalue weighted by atomic mass is 127. The summed E-state index contributed by atoms with van der Waals surface area (Å²) in [6, 6.07) is 3.02. The molecule has 1 rings (SSSR count). The van der Waals surface area contributed by atoms with E-state index in [9.17, 15) is 4.39 Å². The Kier molecular flexibility index (Phi) is 2.68. The number of hydrogen-bond acceptors (Lipinski definition) is 0. The molecule has 0 amide bonds. The summed E-state index contributed by atoms with van der Waals surface area (Å²) in [6.45, 7) is 6.62. The Morgan fingerprint density at radius 3 is 2.73 bits per heavy atom. The smallest absolute Gasteiger partial charge is 0.208 e. The highest BCUT2D eigenvalue weighted by molar-refractivity contribution is 14.1. The first kappa shape index (κ1) is 8.75. The third-order valence-electron chi connectivity index (χ3n) is 1.14. The van der Waals surface area contributed by atoms with Crippen LogP contribution in [0.15, 0.2) is 12.1 Å². The fourth-order valence-electron chi connectivity index (χ4n) is 0.602. The van der Waals surface area contributed by atoms with Gasteiger partial charge in [0.1, 0.15) is 5.82 Å². The van der Waals surface area contributed by atoms with Gasteiger partial charge in [0.2, 0.25) is 5.69 Å². The Bertz CT molecular complexity index is 332. The second-order valence-electron chi connectivity index (χ2n) is 1.81. The van der Waals surface area contributed by atoms with Crippen molar-refractivity contribution in [2.75, 3.05) is 0 Å². The van der Waals surface area contributed by atoms with Crippen molar-refractivity contribution in [1.82, 2.24) is 0 Å².